The summed E-state index contributed by atoms with van der Waals surface area (Å²) in [6, 6.07) is 5.50. The minimum atomic E-state index is -1.33. The number of aliphatic carboxylic acids is 2. The Labute approximate surface area is 187 Å². The van der Waals surface area contributed by atoms with Crippen molar-refractivity contribution in [3.63, 3.8) is 0 Å². The molecule has 172 valence electrons. The Morgan fingerprint density at radius 2 is 1.75 bits per heavy atom. The molecule has 3 aromatic rings. The summed E-state index contributed by atoms with van der Waals surface area (Å²) in [7, 11) is 1.91. The number of carboxylic acid groups (broad SMARTS) is 2. The summed E-state index contributed by atoms with van der Waals surface area (Å²) in [6.45, 7) is 3.86. The molecule has 11 heteroatoms. The first-order valence-corrected chi connectivity index (χ1v) is 10.8. The van der Waals surface area contributed by atoms with Crippen LogP contribution in [0.3, 0.4) is 0 Å². The van der Waals surface area contributed by atoms with Gasteiger partial charge in [0.15, 0.2) is 5.16 Å². The van der Waals surface area contributed by atoms with Crippen molar-refractivity contribution >= 4 is 33.8 Å². The van der Waals surface area contributed by atoms with E-state index in [4.69, 9.17) is 19.7 Å². The smallest absolute Gasteiger partial charge is 0.303 e. The van der Waals surface area contributed by atoms with Crippen molar-refractivity contribution in [2.45, 2.75) is 37.6 Å². The van der Waals surface area contributed by atoms with Crippen LogP contribution in [0.4, 0.5) is 0 Å². The van der Waals surface area contributed by atoms with Crippen molar-refractivity contribution < 1.29 is 33.5 Å². The molecular weight excluding hydrogens is 438 g/mol. The van der Waals surface area contributed by atoms with Crippen molar-refractivity contribution in [3.8, 4) is 11.5 Å². The maximum absolute atomic E-state index is 12.7. The molecule has 0 amide bonds. The highest BCUT2D eigenvalue weighted by Crippen LogP contribution is 2.26. The number of pyridine rings is 1. The normalized spacial score (nSPS) is 11.4. The first-order valence-electron chi connectivity index (χ1n) is 9.51. The highest BCUT2D eigenvalue weighted by atomic mass is 32.2. The van der Waals surface area contributed by atoms with Crippen molar-refractivity contribution in [3.05, 3.63) is 41.2 Å². The zero-order valence-corrected chi connectivity index (χ0v) is 19.0. The van der Waals surface area contributed by atoms with Gasteiger partial charge in [0.05, 0.1) is 60.3 Å². The summed E-state index contributed by atoms with van der Waals surface area (Å²) in [4.78, 5) is 31.2. The monoisotopic (exact) mass is 463 g/mol. The Morgan fingerprint density at radius 1 is 1.09 bits per heavy atom. The minimum Gasteiger partial charge on any atom is -0.497 e. The summed E-state index contributed by atoms with van der Waals surface area (Å²) in [5.74, 6) is -0.366. The molecule has 0 aliphatic carbocycles. The largest absolute Gasteiger partial charge is 0.497 e. The third-order valence-corrected chi connectivity index (χ3v) is 5.61. The maximum Gasteiger partial charge on any atom is 0.303 e. The van der Waals surface area contributed by atoms with E-state index in [0.29, 0.717) is 5.16 Å². The summed E-state index contributed by atoms with van der Waals surface area (Å²) in [5, 5.41) is 16.2. The average Bonchev–Trinajstić information content (AvgIpc) is 3.18. The molecule has 0 saturated heterocycles. The fourth-order valence-corrected chi connectivity index (χ4v) is 3.92. The molecule has 2 aromatic heterocycles. The predicted molar refractivity (Wildman–Crippen MR) is 118 cm³/mol. The number of nitrogens with zero attached hydrogens (tertiary/aromatic N) is 2. The molecule has 32 heavy (non-hydrogen) atoms. The van der Waals surface area contributed by atoms with E-state index < -0.39 is 22.7 Å². The second-order valence-corrected chi connectivity index (χ2v) is 8.11. The van der Waals surface area contributed by atoms with Gasteiger partial charge in [-0.2, -0.15) is 0 Å². The number of methoxy groups -OCH3 is 2. The highest BCUT2D eigenvalue weighted by molar-refractivity contribution is 7.84. The fraction of sp³-hybridized carbons (Fsp3) is 0.333. The van der Waals surface area contributed by atoms with Crippen LogP contribution >= 0.6 is 0 Å². The van der Waals surface area contributed by atoms with Gasteiger partial charge in [0.25, 0.3) is 0 Å². The number of nitrogens with one attached hydrogen (secondary N) is 1. The number of aryl methyl sites for hydroxylation is 1. The van der Waals surface area contributed by atoms with E-state index in [1.165, 1.54) is 0 Å². The molecule has 0 radical (unpaired) electrons. The lowest BCUT2D eigenvalue weighted by Gasteiger charge is -2.11. The van der Waals surface area contributed by atoms with Crippen LogP contribution < -0.4 is 9.47 Å². The molecule has 2 heterocycles. The third kappa shape index (κ3) is 6.51. The quantitative estimate of drug-likeness (QED) is 0.458. The van der Waals surface area contributed by atoms with E-state index >= 15 is 0 Å². The van der Waals surface area contributed by atoms with E-state index in [-0.39, 0.29) is 18.6 Å². The standard InChI is InChI=1S/C17H19N3O3S.C4H6O4/c1-10-8-18-15(11(2)16(10)23-4)9-24(21)17-19-13-6-5-12(22-3)7-14(13)20-17;5-3(6)1-2-4(7)8/h5-8H,9H2,1-4H3,(H,19,20);1-2H2,(H,5,6)(H,7,8). The number of hydrogen-bond acceptors (Lipinski definition) is 7. The number of aromatic nitrogens is 3. The Morgan fingerprint density at radius 3 is 2.31 bits per heavy atom. The highest BCUT2D eigenvalue weighted by Gasteiger charge is 2.16. The van der Waals surface area contributed by atoms with Gasteiger partial charge < -0.3 is 24.7 Å². The molecule has 0 aliphatic rings. The molecule has 0 saturated carbocycles. The molecule has 1 unspecified atom stereocenters. The van der Waals surface area contributed by atoms with Gasteiger partial charge in [-0.15, -0.1) is 0 Å². The number of fused-ring (bicyclic) bond motifs is 1. The van der Waals surface area contributed by atoms with Crippen LogP contribution in [0.25, 0.3) is 11.0 Å². The van der Waals surface area contributed by atoms with E-state index in [1.54, 1.807) is 20.4 Å². The Hall–Kier alpha value is -3.47. The van der Waals surface area contributed by atoms with Gasteiger partial charge >= 0.3 is 11.9 Å². The van der Waals surface area contributed by atoms with Crippen LogP contribution in [0.15, 0.2) is 29.6 Å². The zero-order valence-electron chi connectivity index (χ0n) is 18.2. The van der Waals surface area contributed by atoms with E-state index in [0.717, 1.165) is 39.4 Å². The van der Waals surface area contributed by atoms with Crippen molar-refractivity contribution in [2.24, 2.45) is 0 Å². The lowest BCUT2D eigenvalue weighted by molar-refractivity contribution is -0.143. The predicted octanol–water partition coefficient (Wildman–Crippen LogP) is 2.84. The molecule has 0 fully saturated rings. The molecule has 0 aliphatic heterocycles. The molecular formula is C21H25N3O7S. The van der Waals surface area contributed by atoms with Crippen molar-refractivity contribution in [2.75, 3.05) is 14.2 Å². The van der Waals surface area contributed by atoms with Crippen LogP contribution in [-0.2, 0) is 26.1 Å². The molecule has 10 nitrogen and oxygen atoms in total. The number of carbonyl (C=O) groups is 2. The molecule has 0 spiro atoms. The van der Waals surface area contributed by atoms with Crippen LogP contribution in [0.1, 0.15) is 29.7 Å². The molecule has 1 atom stereocenters. The SMILES string of the molecule is COc1ccc2nc(S(=O)Cc3ncc(C)c(OC)c3C)[nH]c2c1.O=C(O)CCC(=O)O. The lowest BCUT2D eigenvalue weighted by atomic mass is 10.1. The Kier molecular flexibility index (Phi) is 8.71. The maximum atomic E-state index is 12.7. The third-order valence-electron chi connectivity index (χ3n) is 4.45. The molecule has 3 rings (SSSR count). The minimum absolute atomic E-state index is 0.277. The first kappa shape index (κ1) is 24.8. The summed E-state index contributed by atoms with van der Waals surface area (Å²) in [6.07, 6.45) is 1.15. The Bertz CT molecular complexity index is 1130. The summed E-state index contributed by atoms with van der Waals surface area (Å²) >= 11 is 0. The van der Waals surface area contributed by atoms with Crippen molar-refractivity contribution in [1.82, 2.24) is 15.0 Å². The number of ether oxygens (including phenoxy) is 2. The van der Waals surface area contributed by atoms with E-state index in [2.05, 4.69) is 15.0 Å². The van der Waals surface area contributed by atoms with E-state index in [9.17, 15) is 13.8 Å². The number of rotatable bonds is 8. The van der Waals surface area contributed by atoms with Gasteiger partial charge in [0, 0.05) is 23.4 Å². The average molecular weight is 464 g/mol. The van der Waals surface area contributed by atoms with Gasteiger partial charge in [-0.3, -0.25) is 18.8 Å². The number of imidazole rings is 1. The number of aromatic amines is 1. The number of benzene rings is 1. The second-order valence-electron chi connectivity index (χ2n) is 6.75. The van der Waals surface area contributed by atoms with Gasteiger partial charge in [-0.1, -0.05) is 0 Å². The Balaban J connectivity index is 0.000000390. The number of H-pyrrole nitrogens is 1. The van der Waals surface area contributed by atoms with Gasteiger partial charge in [-0.25, -0.2) is 4.98 Å². The molecule has 1 aromatic carbocycles. The van der Waals surface area contributed by atoms with Gasteiger partial charge in [0.2, 0.25) is 0 Å². The molecule has 3 N–H and O–H groups in total. The van der Waals surface area contributed by atoms with Gasteiger partial charge in [-0.05, 0) is 26.0 Å². The zero-order chi connectivity index (χ0) is 23.8. The number of hydrogen-bond donors (Lipinski definition) is 3. The topological polar surface area (TPSA) is 152 Å². The fourth-order valence-electron chi connectivity index (χ4n) is 2.82. The summed E-state index contributed by atoms with van der Waals surface area (Å²) < 4.78 is 23.3. The second kappa shape index (κ2) is 11.2. The van der Waals surface area contributed by atoms with Crippen LogP contribution in [0, 0.1) is 13.8 Å². The molecule has 0 bridgehead atoms. The van der Waals surface area contributed by atoms with Crippen molar-refractivity contribution in [1.29, 1.82) is 0 Å². The van der Waals surface area contributed by atoms with Crippen LogP contribution in [0.2, 0.25) is 0 Å². The number of carboxylic acids is 2. The van der Waals surface area contributed by atoms with Gasteiger partial charge in [0.1, 0.15) is 11.5 Å². The lowest BCUT2D eigenvalue weighted by Crippen LogP contribution is -2.05. The first-order chi connectivity index (χ1) is 15.2. The van der Waals surface area contributed by atoms with Crippen LogP contribution in [0.5, 0.6) is 11.5 Å². The van der Waals surface area contributed by atoms with Crippen LogP contribution in [-0.4, -0.2) is 55.5 Å². The van der Waals surface area contributed by atoms with E-state index in [1.807, 2.05) is 32.0 Å². The summed E-state index contributed by atoms with van der Waals surface area (Å²) in [5.41, 5.74) is 4.16.